The number of rotatable bonds is 3. The molecule has 18 heavy (non-hydrogen) atoms. The van der Waals surface area contributed by atoms with Crippen LogP contribution >= 0.6 is 15.9 Å². The third kappa shape index (κ3) is 2.21. The topological polar surface area (TPSA) is 92.1 Å². The van der Waals surface area contributed by atoms with Crippen molar-refractivity contribution in [1.82, 2.24) is 9.97 Å². The van der Waals surface area contributed by atoms with Gasteiger partial charge in [-0.15, -0.1) is 0 Å². The molecule has 0 saturated carbocycles. The van der Waals surface area contributed by atoms with E-state index in [9.17, 15) is 8.42 Å². The largest absolute Gasteiger partial charge is 0.383 e. The second-order valence-corrected chi connectivity index (χ2v) is 6.42. The third-order valence-corrected chi connectivity index (χ3v) is 4.64. The minimum atomic E-state index is -3.73. The Labute approximate surface area is 113 Å². The fourth-order valence-corrected chi connectivity index (χ4v) is 3.17. The SMILES string of the molecule is CN(c1ccc[nH]1)S(=O)(=O)c1cc(Br)cnc1N. The van der Waals surface area contributed by atoms with Crippen LogP contribution in [0.15, 0.2) is 40.0 Å². The second-order valence-electron chi connectivity index (χ2n) is 3.56. The van der Waals surface area contributed by atoms with Crippen LogP contribution in [0.25, 0.3) is 0 Å². The number of nitrogens with zero attached hydrogens (tertiary/aromatic N) is 2. The van der Waals surface area contributed by atoms with E-state index in [0.29, 0.717) is 10.3 Å². The van der Waals surface area contributed by atoms with Gasteiger partial charge in [-0.3, -0.25) is 4.31 Å². The molecule has 96 valence electrons. The molecule has 2 heterocycles. The van der Waals surface area contributed by atoms with Crippen LogP contribution < -0.4 is 10.0 Å². The van der Waals surface area contributed by atoms with E-state index in [2.05, 4.69) is 25.9 Å². The molecule has 0 atom stereocenters. The van der Waals surface area contributed by atoms with Crippen molar-refractivity contribution in [2.24, 2.45) is 0 Å². The van der Waals surface area contributed by atoms with Gasteiger partial charge in [-0.2, -0.15) is 0 Å². The summed E-state index contributed by atoms with van der Waals surface area (Å²) in [4.78, 5) is 6.61. The molecule has 0 fully saturated rings. The van der Waals surface area contributed by atoms with Gasteiger partial charge < -0.3 is 10.7 Å². The monoisotopic (exact) mass is 330 g/mol. The maximum atomic E-state index is 12.4. The summed E-state index contributed by atoms with van der Waals surface area (Å²) < 4.78 is 26.4. The zero-order chi connectivity index (χ0) is 13.3. The van der Waals surface area contributed by atoms with Crippen molar-refractivity contribution >= 4 is 37.6 Å². The number of anilines is 2. The van der Waals surface area contributed by atoms with Crippen molar-refractivity contribution in [2.75, 3.05) is 17.1 Å². The van der Waals surface area contributed by atoms with Gasteiger partial charge in [-0.05, 0) is 34.1 Å². The Morgan fingerprint density at radius 3 is 2.83 bits per heavy atom. The quantitative estimate of drug-likeness (QED) is 0.893. The lowest BCUT2D eigenvalue weighted by atomic mass is 10.5. The molecule has 2 aromatic rings. The molecule has 0 radical (unpaired) electrons. The summed E-state index contributed by atoms with van der Waals surface area (Å²) in [7, 11) is -2.28. The first-order valence-corrected chi connectivity index (χ1v) is 7.19. The molecule has 0 amide bonds. The highest BCUT2D eigenvalue weighted by Crippen LogP contribution is 2.25. The van der Waals surface area contributed by atoms with Crippen LogP contribution in [0.2, 0.25) is 0 Å². The lowest BCUT2D eigenvalue weighted by Crippen LogP contribution is -2.27. The summed E-state index contributed by atoms with van der Waals surface area (Å²) in [5, 5.41) is 0. The number of hydrogen-bond acceptors (Lipinski definition) is 4. The van der Waals surface area contributed by atoms with Crippen LogP contribution in [0, 0.1) is 0 Å². The molecule has 0 bridgehead atoms. The van der Waals surface area contributed by atoms with E-state index >= 15 is 0 Å². The minimum absolute atomic E-state index is 0.0309. The number of halogens is 1. The zero-order valence-corrected chi connectivity index (χ0v) is 11.9. The van der Waals surface area contributed by atoms with E-state index < -0.39 is 10.0 Å². The summed E-state index contributed by atoms with van der Waals surface area (Å²) in [6, 6.07) is 4.79. The third-order valence-electron chi connectivity index (χ3n) is 2.41. The smallest absolute Gasteiger partial charge is 0.268 e. The normalized spacial score (nSPS) is 11.4. The molecular formula is C10H11BrN4O2S. The summed E-state index contributed by atoms with van der Waals surface area (Å²) in [6.45, 7) is 0. The van der Waals surface area contributed by atoms with Crippen molar-refractivity contribution in [2.45, 2.75) is 4.90 Å². The summed E-state index contributed by atoms with van der Waals surface area (Å²) in [5.41, 5.74) is 5.62. The molecule has 3 N–H and O–H groups in total. The zero-order valence-electron chi connectivity index (χ0n) is 9.46. The number of hydrogen-bond donors (Lipinski definition) is 2. The highest BCUT2D eigenvalue weighted by molar-refractivity contribution is 9.10. The predicted molar refractivity (Wildman–Crippen MR) is 72.7 cm³/mol. The van der Waals surface area contributed by atoms with Crippen molar-refractivity contribution in [3.8, 4) is 0 Å². The molecule has 0 aliphatic rings. The number of sulfonamides is 1. The van der Waals surface area contributed by atoms with E-state index in [1.54, 1.807) is 18.3 Å². The van der Waals surface area contributed by atoms with Crippen molar-refractivity contribution in [3.63, 3.8) is 0 Å². The summed E-state index contributed by atoms with van der Waals surface area (Å²) in [6.07, 6.45) is 3.09. The number of pyridine rings is 1. The molecule has 8 heteroatoms. The maximum absolute atomic E-state index is 12.4. The molecule has 6 nitrogen and oxygen atoms in total. The first kappa shape index (κ1) is 12.9. The second kappa shape index (κ2) is 4.62. The average Bonchev–Trinajstić information content (AvgIpc) is 2.84. The van der Waals surface area contributed by atoms with Crippen LogP contribution in [0.3, 0.4) is 0 Å². The molecule has 0 spiro atoms. The molecule has 2 aromatic heterocycles. The Bertz CT molecular complexity index is 655. The van der Waals surface area contributed by atoms with E-state index in [0.717, 1.165) is 4.31 Å². The van der Waals surface area contributed by atoms with Gasteiger partial charge >= 0.3 is 0 Å². The first-order valence-electron chi connectivity index (χ1n) is 4.96. The standard InChI is InChI=1S/C10H11BrN4O2S/c1-15(9-3-2-4-13-9)18(16,17)8-5-7(11)6-14-10(8)12/h2-6,13H,1H3,(H2,12,14). The summed E-state index contributed by atoms with van der Waals surface area (Å²) in [5.74, 6) is 0.422. The van der Waals surface area contributed by atoms with Crippen molar-refractivity contribution in [3.05, 3.63) is 35.1 Å². The van der Waals surface area contributed by atoms with Gasteiger partial charge in [0.25, 0.3) is 10.0 Å². The fraction of sp³-hybridized carbons (Fsp3) is 0.100. The van der Waals surface area contributed by atoms with Crippen molar-refractivity contribution < 1.29 is 8.42 Å². The number of nitrogen functional groups attached to an aromatic ring is 1. The van der Waals surface area contributed by atoms with E-state index in [1.165, 1.54) is 19.3 Å². The van der Waals surface area contributed by atoms with Gasteiger partial charge in [0, 0.05) is 23.9 Å². The Balaban J connectivity index is 2.52. The number of H-pyrrole nitrogens is 1. The number of nitrogens with two attached hydrogens (primary N) is 1. The van der Waals surface area contributed by atoms with Gasteiger partial charge in [0.2, 0.25) is 0 Å². The lowest BCUT2D eigenvalue weighted by molar-refractivity contribution is 0.594. The Kier molecular flexibility index (Phi) is 3.31. The Morgan fingerprint density at radius 1 is 1.50 bits per heavy atom. The van der Waals surface area contributed by atoms with Gasteiger partial charge in [0.1, 0.15) is 16.5 Å². The first-order chi connectivity index (χ1) is 8.43. The van der Waals surface area contributed by atoms with Crippen molar-refractivity contribution in [1.29, 1.82) is 0 Å². The average molecular weight is 331 g/mol. The number of aromatic nitrogens is 2. The number of aromatic amines is 1. The van der Waals surface area contributed by atoms with Gasteiger partial charge in [-0.25, -0.2) is 13.4 Å². The minimum Gasteiger partial charge on any atom is -0.383 e. The maximum Gasteiger partial charge on any atom is 0.268 e. The highest BCUT2D eigenvalue weighted by atomic mass is 79.9. The van der Waals surface area contributed by atoms with E-state index in [1.807, 2.05) is 0 Å². The van der Waals surface area contributed by atoms with Gasteiger partial charge in [0.05, 0.1) is 0 Å². The lowest BCUT2D eigenvalue weighted by Gasteiger charge is -2.18. The Morgan fingerprint density at radius 2 is 2.22 bits per heavy atom. The molecule has 0 aliphatic heterocycles. The van der Waals surface area contributed by atoms with Crippen LogP contribution in [0.1, 0.15) is 0 Å². The highest BCUT2D eigenvalue weighted by Gasteiger charge is 2.25. The fourth-order valence-electron chi connectivity index (χ4n) is 1.43. The van der Waals surface area contributed by atoms with E-state index in [-0.39, 0.29) is 10.7 Å². The Hall–Kier alpha value is -1.54. The van der Waals surface area contributed by atoms with E-state index in [4.69, 9.17) is 5.73 Å². The number of nitrogens with one attached hydrogen (secondary N) is 1. The van der Waals surface area contributed by atoms with Gasteiger partial charge in [-0.1, -0.05) is 0 Å². The molecule has 0 aromatic carbocycles. The predicted octanol–water partition coefficient (Wildman–Crippen LogP) is 1.58. The molecule has 2 rings (SSSR count). The van der Waals surface area contributed by atoms with Crippen LogP contribution in [0.5, 0.6) is 0 Å². The molecular weight excluding hydrogens is 320 g/mol. The van der Waals surface area contributed by atoms with Crippen LogP contribution in [-0.2, 0) is 10.0 Å². The summed E-state index contributed by atoms with van der Waals surface area (Å²) >= 11 is 3.18. The van der Waals surface area contributed by atoms with Crippen LogP contribution in [-0.4, -0.2) is 25.4 Å². The van der Waals surface area contributed by atoms with Gasteiger partial charge in [0.15, 0.2) is 0 Å². The molecule has 0 saturated heterocycles. The van der Waals surface area contributed by atoms with Crippen LogP contribution in [0.4, 0.5) is 11.6 Å². The molecule has 0 unspecified atom stereocenters. The molecule has 0 aliphatic carbocycles.